The molecule has 2 aliphatic carbocycles. The quantitative estimate of drug-likeness (QED) is 0.425. The molecule has 1 aromatic carbocycles. The Kier molecular flexibility index (Phi) is 7.85. The van der Waals surface area contributed by atoms with Crippen molar-refractivity contribution in [1.82, 2.24) is 0 Å². The van der Waals surface area contributed by atoms with Crippen molar-refractivity contribution in [3.8, 4) is 0 Å². The lowest BCUT2D eigenvalue weighted by Crippen LogP contribution is -2.38. The number of carbonyl (C=O) groups is 1. The minimum Gasteiger partial charge on any atom is -0.396 e. The van der Waals surface area contributed by atoms with E-state index in [-0.39, 0.29) is 36.1 Å². The topological polar surface area (TPSA) is 104 Å². The smallest absolute Gasteiger partial charge is 0.139 e. The molecule has 2 saturated carbocycles. The van der Waals surface area contributed by atoms with E-state index in [1.54, 1.807) is 0 Å². The first-order chi connectivity index (χ1) is 14.0. The maximum Gasteiger partial charge on any atom is 0.139 e. The molecule has 162 valence electrons. The van der Waals surface area contributed by atoms with Gasteiger partial charge < -0.3 is 21.1 Å². The molecule has 0 amide bonds. The van der Waals surface area contributed by atoms with Gasteiger partial charge in [0.15, 0.2) is 0 Å². The summed E-state index contributed by atoms with van der Waals surface area (Å²) in [6.07, 6.45) is 7.62. The van der Waals surface area contributed by atoms with E-state index in [0.29, 0.717) is 6.54 Å². The zero-order chi connectivity index (χ0) is 20.9. The van der Waals surface area contributed by atoms with Gasteiger partial charge in [-0.25, -0.2) is 0 Å². The average molecular weight is 404 g/mol. The monoisotopic (exact) mass is 403 g/mol. The molecule has 3 rings (SSSR count). The van der Waals surface area contributed by atoms with Crippen LogP contribution >= 0.6 is 0 Å². The highest BCUT2D eigenvalue weighted by molar-refractivity contribution is 5.85. The number of Topliss-reactive ketones (excluding diaryl/α,β-unsaturated/α-hetero) is 1. The Morgan fingerprint density at radius 2 is 1.79 bits per heavy atom. The van der Waals surface area contributed by atoms with Crippen molar-refractivity contribution in [3.63, 3.8) is 0 Å². The number of unbranched alkanes of at least 4 members (excludes halogenated alkanes) is 3. The highest BCUT2D eigenvalue weighted by Gasteiger charge is 2.44. The lowest BCUT2D eigenvalue weighted by Gasteiger charge is -2.45. The largest absolute Gasteiger partial charge is 0.396 e. The Morgan fingerprint density at radius 3 is 2.38 bits per heavy atom. The minimum absolute atomic E-state index is 0.0871. The van der Waals surface area contributed by atoms with E-state index >= 15 is 0 Å². The summed E-state index contributed by atoms with van der Waals surface area (Å²) in [5.41, 5.74) is 7.58. The Morgan fingerprint density at radius 1 is 1.10 bits per heavy atom. The molecular weight excluding hydrogens is 366 g/mol. The molecule has 0 spiro atoms. The summed E-state index contributed by atoms with van der Waals surface area (Å²) in [6, 6.07) is 7.89. The first kappa shape index (κ1) is 22.4. The second-order valence-corrected chi connectivity index (χ2v) is 9.12. The van der Waals surface area contributed by atoms with Crippen molar-refractivity contribution in [2.75, 3.05) is 13.2 Å². The second kappa shape index (κ2) is 10.2. The molecule has 29 heavy (non-hydrogen) atoms. The van der Waals surface area contributed by atoms with Crippen LogP contribution < -0.4 is 5.73 Å². The van der Waals surface area contributed by atoms with E-state index in [4.69, 9.17) is 10.8 Å². The van der Waals surface area contributed by atoms with Gasteiger partial charge in [-0.05, 0) is 49.8 Å². The molecular formula is C24H37NO4. The van der Waals surface area contributed by atoms with Crippen LogP contribution in [0.15, 0.2) is 24.3 Å². The molecule has 5 N–H and O–H groups in total. The van der Waals surface area contributed by atoms with Crippen molar-refractivity contribution in [2.24, 2.45) is 17.1 Å². The number of rotatable bonds is 11. The molecule has 0 bridgehead atoms. The van der Waals surface area contributed by atoms with E-state index in [1.807, 2.05) is 24.3 Å². The van der Waals surface area contributed by atoms with Gasteiger partial charge in [0, 0.05) is 30.3 Å². The maximum atomic E-state index is 12.5. The van der Waals surface area contributed by atoms with Gasteiger partial charge in [-0.15, -0.1) is 0 Å². The Bertz CT molecular complexity index is 655. The normalized spacial score (nSPS) is 27.0. The van der Waals surface area contributed by atoms with Crippen LogP contribution in [0.5, 0.6) is 0 Å². The molecule has 4 atom stereocenters. The summed E-state index contributed by atoms with van der Waals surface area (Å²) in [6.45, 7) is 0.806. The number of carbonyl (C=O) groups excluding carboxylic acids is 1. The summed E-state index contributed by atoms with van der Waals surface area (Å²) >= 11 is 0. The lowest BCUT2D eigenvalue weighted by atomic mass is 9.61. The number of aliphatic hydroxyl groups is 3. The van der Waals surface area contributed by atoms with Crippen molar-refractivity contribution in [2.45, 2.75) is 82.3 Å². The number of hydrogen-bond donors (Lipinski definition) is 4. The van der Waals surface area contributed by atoms with E-state index < -0.39 is 12.2 Å². The molecule has 5 heteroatoms. The Hall–Kier alpha value is -1.27. The van der Waals surface area contributed by atoms with Gasteiger partial charge >= 0.3 is 0 Å². The number of hydrogen-bond acceptors (Lipinski definition) is 5. The molecule has 1 unspecified atom stereocenters. The van der Waals surface area contributed by atoms with Crippen molar-refractivity contribution in [1.29, 1.82) is 0 Å². The van der Waals surface area contributed by atoms with Gasteiger partial charge in [0.1, 0.15) is 5.78 Å². The van der Waals surface area contributed by atoms with Crippen LogP contribution in [0.4, 0.5) is 0 Å². The number of nitrogens with two attached hydrogens (primary N) is 1. The van der Waals surface area contributed by atoms with Crippen LogP contribution in [-0.4, -0.2) is 40.4 Å². The predicted octanol–water partition coefficient (Wildman–Crippen LogP) is 3.22. The predicted molar refractivity (Wildman–Crippen MR) is 113 cm³/mol. The molecule has 0 saturated heterocycles. The van der Waals surface area contributed by atoms with Crippen LogP contribution in [0.1, 0.15) is 87.4 Å². The highest BCUT2D eigenvalue weighted by Crippen LogP contribution is 2.52. The number of ketones is 1. The molecule has 0 radical (unpaired) electrons. The zero-order valence-corrected chi connectivity index (χ0v) is 17.4. The first-order valence-electron chi connectivity index (χ1n) is 11.3. The average Bonchev–Trinajstić information content (AvgIpc) is 2.97. The third-order valence-electron chi connectivity index (χ3n) is 7.30. The van der Waals surface area contributed by atoms with Gasteiger partial charge in [-0.1, -0.05) is 49.9 Å². The number of benzene rings is 1. The summed E-state index contributed by atoms with van der Waals surface area (Å²) < 4.78 is 0. The van der Waals surface area contributed by atoms with Gasteiger partial charge in [0.2, 0.25) is 0 Å². The molecule has 0 aromatic heterocycles. The van der Waals surface area contributed by atoms with E-state index in [2.05, 4.69) is 0 Å². The van der Waals surface area contributed by atoms with Crippen LogP contribution in [0.3, 0.4) is 0 Å². The summed E-state index contributed by atoms with van der Waals surface area (Å²) in [5.74, 6) is -0.136. The van der Waals surface area contributed by atoms with Crippen molar-refractivity contribution < 1.29 is 20.1 Å². The minimum atomic E-state index is -0.629. The molecule has 0 aliphatic heterocycles. The van der Waals surface area contributed by atoms with Crippen molar-refractivity contribution in [3.05, 3.63) is 35.4 Å². The second-order valence-electron chi connectivity index (χ2n) is 9.12. The third-order valence-corrected chi connectivity index (χ3v) is 7.30. The SMILES string of the molecule is NCCC1(C(O)c2ccc([C@H]3[C@H](O)CC(=O)[C@@H]3CCCCCCO)cc2)CCC1. The fourth-order valence-electron chi connectivity index (χ4n) is 5.41. The van der Waals surface area contributed by atoms with Crippen LogP contribution in [0.25, 0.3) is 0 Å². The van der Waals surface area contributed by atoms with Gasteiger partial charge in [0.25, 0.3) is 0 Å². The van der Waals surface area contributed by atoms with Gasteiger partial charge in [-0.3, -0.25) is 4.79 Å². The molecule has 5 nitrogen and oxygen atoms in total. The summed E-state index contributed by atoms with van der Waals surface area (Å²) in [5, 5.41) is 30.4. The van der Waals surface area contributed by atoms with Gasteiger partial charge in [0.05, 0.1) is 12.2 Å². The lowest BCUT2D eigenvalue weighted by molar-refractivity contribution is -0.121. The third kappa shape index (κ3) is 4.91. The van der Waals surface area contributed by atoms with Crippen molar-refractivity contribution >= 4 is 5.78 Å². The molecule has 2 aliphatic rings. The molecule has 1 aromatic rings. The van der Waals surface area contributed by atoms with E-state index in [1.165, 1.54) is 0 Å². The molecule has 2 fully saturated rings. The van der Waals surface area contributed by atoms with Crippen LogP contribution in [0, 0.1) is 11.3 Å². The fourth-order valence-corrected chi connectivity index (χ4v) is 5.41. The maximum absolute atomic E-state index is 12.5. The van der Waals surface area contributed by atoms with Crippen LogP contribution in [-0.2, 0) is 4.79 Å². The standard InChI is InChI=1S/C24H37NO4/c25-14-13-24(11-5-12-24)23(29)18-9-7-17(8-10-18)22-19(20(27)16-21(22)28)6-3-1-2-4-15-26/h7-10,19,21-23,26,28-29H,1-6,11-16,25H2/t19-,21+,22+,23?/m0/s1. The highest BCUT2D eigenvalue weighted by atomic mass is 16.3. The first-order valence-corrected chi connectivity index (χ1v) is 11.3. The van der Waals surface area contributed by atoms with E-state index in [9.17, 15) is 15.0 Å². The Labute approximate surface area is 174 Å². The fraction of sp³-hybridized carbons (Fsp3) is 0.708. The summed E-state index contributed by atoms with van der Waals surface area (Å²) in [7, 11) is 0. The zero-order valence-electron chi connectivity index (χ0n) is 17.4. The van der Waals surface area contributed by atoms with E-state index in [0.717, 1.165) is 68.9 Å². The van der Waals surface area contributed by atoms with Gasteiger partial charge in [-0.2, -0.15) is 0 Å². The molecule has 0 heterocycles. The summed E-state index contributed by atoms with van der Waals surface area (Å²) in [4.78, 5) is 12.5. The van der Waals surface area contributed by atoms with Crippen LogP contribution in [0.2, 0.25) is 0 Å². The Balaban J connectivity index is 1.67. The number of aliphatic hydroxyl groups excluding tert-OH is 3.